The van der Waals surface area contributed by atoms with Crippen molar-refractivity contribution in [1.82, 2.24) is 20.2 Å². The van der Waals surface area contributed by atoms with Crippen LogP contribution >= 0.6 is 0 Å². The molecule has 2 aromatic carbocycles. The van der Waals surface area contributed by atoms with Crippen LogP contribution in [-0.4, -0.2) is 34.0 Å². The molecule has 1 aliphatic rings. The van der Waals surface area contributed by atoms with Crippen LogP contribution in [0.15, 0.2) is 53.3 Å². The Balaban J connectivity index is 1.32. The summed E-state index contributed by atoms with van der Waals surface area (Å²) in [5, 5.41) is 3.76. The minimum atomic E-state index is -0.149. The second-order valence-corrected chi connectivity index (χ2v) is 7.31. The summed E-state index contributed by atoms with van der Waals surface area (Å²) in [6.45, 7) is 5.50. The lowest BCUT2D eigenvalue weighted by atomic mass is 10.0. The molecule has 1 atom stereocenters. The lowest BCUT2D eigenvalue weighted by Gasteiger charge is -2.34. The number of H-pyrrole nitrogens is 2. The molecule has 3 aromatic rings. The predicted molar refractivity (Wildman–Crippen MR) is 105 cm³/mol. The molecule has 4 rings (SSSR count). The van der Waals surface area contributed by atoms with Gasteiger partial charge in [0.25, 0.3) is 0 Å². The first-order valence-corrected chi connectivity index (χ1v) is 9.41. The zero-order valence-electron chi connectivity index (χ0n) is 15.2. The Labute approximate surface area is 153 Å². The number of piperidine rings is 1. The number of aromatic nitrogens is 2. The van der Waals surface area contributed by atoms with Crippen LogP contribution in [-0.2, 0) is 6.54 Å². The first-order chi connectivity index (χ1) is 12.7. The van der Waals surface area contributed by atoms with E-state index in [0.29, 0.717) is 6.04 Å². The normalized spacial score (nSPS) is 17.6. The van der Waals surface area contributed by atoms with Crippen LogP contribution in [0.3, 0.4) is 0 Å². The smallest absolute Gasteiger partial charge is 0.307 e. The van der Waals surface area contributed by atoms with Gasteiger partial charge in [0.1, 0.15) is 0 Å². The van der Waals surface area contributed by atoms with E-state index in [0.717, 1.165) is 30.7 Å². The van der Waals surface area contributed by atoms with Crippen LogP contribution in [0.4, 0.5) is 0 Å². The first kappa shape index (κ1) is 17.1. The van der Waals surface area contributed by atoms with Crippen molar-refractivity contribution in [1.29, 1.82) is 0 Å². The highest BCUT2D eigenvalue weighted by Crippen LogP contribution is 2.20. The van der Waals surface area contributed by atoms with Gasteiger partial charge in [-0.2, -0.15) is 0 Å². The van der Waals surface area contributed by atoms with Crippen molar-refractivity contribution >= 4 is 11.0 Å². The molecule has 1 aromatic heterocycles. The molecule has 5 heteroatoms. The maximum absolute atomic E-state index is 11.4. The summed E-state index contributed by atoms with van der Waals surface area (Å²) in [6, 6.07) is 17.6. The molecule has 0 bridgehead atoms. The standard InChI is InChI=1S/C21H26N4O/c1-15(17-7-8-19-20(13-17)24-21(26)23-19)22-18-9-11-25(12-10-18)14-16-5-3-2-4-6-16/h2-8,13,15,18,22H,9-12,14H2,1H3,(H2,23,24,26). The fourth-order valence-corrected chi connectivity index (χ4v) is 3.87. The monoisotopic (exact) mass is 350 g/mol. The predicted octanol–water partition coefficient (Wildman–Crippen LogP) is 3.17. The molecule has 1 saturated heterocycles. The molecular formula is C21H26N4O. The summed E-state index contributed by atoms with van der Waals surface area (Å²) in [5.74, 6) is 0. The maximum atomic E-state index is 11.4. The minimum Gasteiger partial charge on any atom is -0.307 e. The fraction of sp³-hybridized carbons (Fsp3) is 0.381. The lowest BCUT2D eigenvalue weighted by molar-refractivity contribution is 0.185. The number of hydrogen-bond acceptors (Lipinski definition) is 3. The molecule has 0 saturated carbocycles. The van der Waals surface area contributed by atoms with Crippen molar-refractivity contribution in [2.24, 2.45) is 0 Å². The number of rotatable bonds is 5. The number of nitrogens with zero attached hydrogens (tertiary/aromatic N) is 1. The Morgan fingerprint density at radius 1 is 1.08 bits per heavy atom. The average molecular weight is 350 g/mol. The Kier molecular flexibility index (Phi) is 4.91. The SMILES string of the molecule is CC(NC1CCN(Cc2ccccc2)CC1)c1ccc2[nH]c(=O)[nH]c2c1. The quantitative estimate of drug-likeness (QED) is 0.662. The number of imidazole rings is 1. The molecule has 26 heavy (non-hydrogen) atoms. The number of fused-ring (bicyclic) bond motifs is 1. The van der Waals surface area contributed by atoms with Crippen molar-refractivity contribution in [2.75, 3.05) is 13.1 Å². The van der Waals surface area contributed by atoms with Gasteiger partial charge in [0.2, 0.25) is 0 Å². The van der Waals surface area contributed by atoms with Gasteiger partial charge in [-0.05, 0) is 56.1 Å². The molecule has 2 heterocycles. The second-order valence-electron chi connectivity index (χ2n) is 7.31. The molecule has 0 radical (unpaired) electrons. The van der Waals surface area contributed by atoms with Gasteiger partial charge in [0, 0.05) is 18.6 Å². The highest BCUT2D eigenvalue weighted by Gasteiger charge is 2.21. The Bertz CT molecular complexity index is 906. The first-order valence-electron chi connectivity index (χ1n) is 9.41. The van der Waals surface area contributed by atoms with Gasteiger partial charge in [-0.15, -0.1) is 0 Å². The van der Waals surface area contributed by atoms with Gasteiger partial charge in [-0.1, -0.05) is 36.4 Å². The van der Waals surface area contributed by atoms with Crippen molar-refractivity contribution in [3.8, 4) is 0 Å². The van der Waals surface area contributed by atoms with Crippen molar-refractivity contribution in [3.05, 3.63) is 70.1 Å². The third-order valence-electron chi connectivity index (χ3n) is 5.36. The molecule has 3 N–H and O–H groups in total. The zero-order chi connectivity index (χ0) is 17.9. The maximum Gasteiger partial charge on any atom is 0.323 e. The van der Waals surface area contributed by atoms with E-state index in [2.05, 4.69) is 69.6 Å². The van der Waals surface area contributed by atoms with Gasteiger partial charge >= 0.3 is 5.69 Å². The summed E-state index contributed by atoms with van der Waals surface area (Å²) in [7, 11) is 0. The van der Waals surface area contributed by atoms with Crippen LogP contribution in [0.25, 0.3) is 11.0 Å². The van der Waals surface area contributed by atoms with Gasteiger partial charge in [0.05, 0.1) is 11.0 Å². The molecule has 0 amide bonds. The largest absolute Gasteiger partial charge is 0.323 e. The number of benzene rings is 2. The van der Waals surface area contributed by atoms with Gasteiger partial charge < -0.3 is 15.3 Å². The number of nitrogens with one attached hydrogen (secondary N) is 3. The molecule has 0 aliphatic carbocycles. The van der Waals surface area contributed by atoms with Crippen molar-refractivity contribution in [3.63, 3.8) is 0 Å². The highest BCUT2D eigenvalue weighted by molar-refractivity contribution is 5.75. The lowest BCUT2D eigenvalue weighted by Crippen LogP contribution is -2.42. The summed E-state index contributed by atoms with van der Waals surface area (Å²) in [5.41, 5.74) is 4.18. The zero-order valence-corrected chi connectivity index (χ0v) is 15.2. The Hall–Kier alpha value is -2.37. The molecule has 1 fully saturated rings. The van der Waals surface area contributed by atoms with Crippen LogP contribution in [0.5, 0.6) is 0 Å². The molecule has 136 valence electrons. The Morgan fingerprint density at radius 3 is 2.58 bits per heavy atom. The third-order valence-corrected chi connectivity index (χ3v) is 5.36. The van der Waals surface area contributed by atoms with Crippen molar-refractivity contribution < 1.29 is 0 Å². The highest BCUT2D eigenvalue weighted by atomic mass is 16.1. The molecule has 5 nitrogen and oxygen atoms in total. The Morgan fingerprint density at radius 2 is 1.81 bits per heavy atom. The van der Waals surface area contributed by atoms with Crippen LogP contribution < -0.4 is 11.0 Å². The minimum absolute atomic E-state index is 0.149. The van der Waals surface area contributed by atoms with Gasteiger partial charge in [-0.3, -0.25) is 4.90 Å². The van der Waals surface area contributed by atoms with E-state index in [1.165, 1.54) is 24.0 Å². The van der Waals surface area contributed by atoms with E-state index >= 15 is 0 Å². The number of aromatic amines is 2. The summed E-state index contributed by atoms with van der Waals surface area (Å²) >= 11 is 0. The van der Waals surface area contributed by atoms with Crippen LogP contribution in [0.1, 0.15) is 36.9 Å². The van der Waals surface area contributed by atoms with E-state index in [1.54, 1.807) is 0 Å². The van der Waals surface area contributed by atoms with E-state index in [9.17, 15) is 4.79 Å². The van der Waals surface area contributed by atoms with E-state index in [-0.39, 0.29) is 11.7 Å². The number of likely N-dealkylation sites (tertiary alicyclic amines) is 1. The van der Waals surface area contributed by atoms with E-state index in [4.69, 9.17) is 0 Å². The molecule has 1 unspecified atom stereocenters. The molecule has 0 spiro atoms. The van der Waals surface area contributed by atoms with Crippen LogP contribution in [0, 0.1) is 0 Å². The fourth-order valence-electron chi connectivity index (χ4n) is 3.87. The third kappa shape index (κ3) is 3.89. The van der Waals surface area contributed by atoms with Gasteiger partial charge in [-0.25, -0.2) is 4.79 Å². The van der Waals surface area contributed by atoms with E-state index < -0.39 is 0 Å². The van der Waals surface area contributed by atoms with E-state index in [1.807, 2.05) is 6.07 Å². The second kappa shape index (κ2) is 7.48. The van der Waals surface area contributed by atoms with Crippen molar-refractivity contribution in [2.45, 2.75) is 38.4 Å². The van der Waals surface area contributed by atoms with Gasteiger partial charge in [0.15, 0.2) is 0 Å². The summed E-state index contributed by atoms with van der Waals surface area (Å²) in [6.07, 6.45) is 2.33. The summed E-state index contributed by atoms with van der Waals surface area (Å²) in [4.78, 5) is 19.6. The number of hydrogen-bond donors (Lipinski definition) is 3. The molecule has 1 aliphatic heterocycles. The molecular weight excluding hydrogens is 324 g/mol. The average Bonchev–Trinajstić information content (AvgIpc) is 3.03. The topological polar surface area (TPSA) is 63.9 Å². The van der Waals surface area contributed by atoms with Crippen LogP contribution in [0.2, 0.25) is 0 Å². The summed E-state index contributed by atoms with van der Waals surface area (Å²) < 4.78 is 0.